The molecular weight excluding hydrogens is 252 g/mol. The van der Waals surface area contributed by atoms with Crippen molar-refractivity contribution in [3.8, 4) is 0 Å². The third-order valence-corrected chi connectivity index (χ3v) is 1.96. The van der Waals surface area contributed by atoms with E-state index in [-0.39, 0.29) is 30.3 Å². The van der Waals surface area contributed by atoms with Crippen LogP contribution >= 0.6 is 0 Å². The van der Waals surface area contributed by atoms with Crippen molar-refractivity contribution < 1.29 is 19.1 Å². The van der Waals surface area contributed by atoms with Gasteiger partial charge >= 0.3 is 11.9 Å². The number of nitrogen functional groups attached to an aromatic ring is 1. The Hall–Kier alpha value is -2.12. The van der Waals surface area contributed by atoms with Crippen LogP contribution in [-0.2, 0) is 20.8 Å². The first kappa shape index (κ1) is 14.9. The topological polar surface area (TPSA) is 109 Å². The molecule has 0 amide bonds. The fourth-order valence-electron chi connectivity index (χ4n) is 1.27. The number of esters is 2. The Morgan fingerprint density at radius 2 is 1.79 bits per heavy atom. The lowest BCUT2D eigenvalue weighted by atomic mass is 10.4. The van der Waals surface area contributed by atoms with E-state index in [0.717, 1.165) is 4.68 Å². The van der Waals surface area contributed by atoms with Crippen LogP contribution in [0.15, 0.2) is 0 Å². The van der Waals surface area contributed by atoms with E-state index in [0.29, 0.717) is 0 Å². The van der Waals surface area contributed by atoms with E-state index in [4.69, 9.17) is 15.2 Å². The molecule has 8 heteroatoms. The van der Waals surface area contributed by atoms with Crippen LogP contribution in [0.3, 0.4) is 0 Å². The van der Waals surface area contributed by atoms with Gasteiger partial charge in [0, 0.05) is 0 Å². The zero-order valence-corrected chi connectivity index (χ0v) is 11.4. The summed E-state index contributed by atoms with van der Waals surface area (Å²) in [6.07, 6.45) is -0.523. The van der Waals surface area contributed by atoms with Gasteiger partial charge < -0.3 is 15.2 Å². The number of aromatic nitrogens is 3. The number of anilines is 1. The van der Waals surface area contributed by atoms with Gasteiger partial charge in [-0.1, -0.05) is 5.21 Å². The first-order chi connectivity index (χ1) is 8.81. The molecule has 8 nitrogen and oxygen atoms in total. The average Bonchev–Trinajstić information content (AvgIpc) is 2.58. The van der Waals surface area contributed by atoms with E-state index in [9.17, 15) is 9.59 Å². The summed E-state index contributed by atoms with van der Waals surface area (Å²) in [4.78, 5) is 23.1. The van der Waals surface area contributed by atoms with Gasteiger partial charge in [0.15, 0.2) is 5.82 Å². The maximum atomic E-state index is 11.6. The predicted molar refractivity (Wildman–Crippen MR) is 66.2 cm³/mol. The summed E-state index contributed by atoms with van der Waals surface area (Å²) >= 11 is 0. The fourth-order valence-corrected chi connectivity index (χ4v) is 1.27. The van der Waals surface area contributed by atoms with Crippen LogP contribution in [0.2, 0.25) is 0 Å². The van der Waals surface area contributed by atoms with Gasteiger partial charge in [0.25, 0.3) is 0 Å². The predicted octanol–water partition coefficient (Wildman–Crippen LogP) is 0.377. The summed E-state index contributed by atoms with van der Waals surface area (Å²) in [5.74, 6) is -1.20. The largest absolute Gasteiger partial charge is 0.462 e. The molecule has 0 aliphatic carbocycles. The summed E-state index contributed by atoms with van der Waals surface area (Å²) in [6, 6.07) is 0. The molecule has 0 aliphatic rings. The molecule has 1 aromatic heterocycles. The highest BCUT2D eigenvalue weighted by atomic mass is 16.5. The maximum Gasteiger partial charge on any atom is 0.363 e. The Morgan fingerprint density at radius 1 is 1.21 bits per heavy atom. The van der Waals surface area contributed by atoms with Crippen molar-refractivity contribution in [2.24, 2.45) is 0 Å². The van der Waals surface area contributed by atoms with Gasteiger partial charge in [-0.2, -0.15) is 0 Å². The second-order valence-corrected chi connectivity index (χ2v) is 4.47. The molecule has 0 bridgehead atoms. The Bertz CT molecular complexity index is 467. The Balaban J connectivity index is 2.76. The molecule has 0 saturated heterocycles. The van der Waals surface area contributed by atoms with Crippen LogP contribution in [0, 0.1) is 0 Å². The number of nitrogens with two attached hydrogens (primary N) is 1. The maximum absolute atomic E-state index is 11.6. The lowest BCUT2D eigenvalue weighted by Crippen LogP contribution is -2.20. The molecule has 1 rings (SSSR count). The average molecular weight is 270 g/mol. The lowest BCUT2D eigenvalue weighted by Gasteiger charge is -2.08. The second kappa shape index (κ2) is 6.17. The van der Waals surface area contributed by atoms with Gasteiger partial charge in [-0.15, -0.1) is 5.10 Å². The molecule has 1 aromatic rings. The van der Waals surface area contributed by atoms with Crippen LogP contribution in [0.5, 0.6) is 0 Å². The third-order valence-electron chi connectivity index (χ3n) is 1.96. The highest BCUT2D eigenvalue weighted by molar-refractivity contribution is 5.92. The van der Waals surface area contributed by atoms with Gasteiger partial charge in [-0.05, 0) is 27.7 Å². The highest BCUT2D eigenvalue weighted by Crippen LogP contribution is 2.10. The molecule has 106 valence electrons. The standard InChI is InChI=1S/C11H18N4O4/c1-6(2)18-8(16)5-15-10(12)9(13-14-15)11(17)19-7(3)4/h6-7H,5,12H2,1-4H3. The fraction of sp³-hybridized carbons (Fsp3) is 0.636. The number of carbonyl (C=O) groups is 2. The first-order valence-corrected chi connectivity index (χ1v) is 5.90. The summed E-state index contributed by atoms with van der Waals surface area (Å²) in [6.45, 7) is 6.67. The van der Waals surface area contributed by atoms with E-state index in [2.05, 4.69) is 10.3 Å². The number of hydrogen-bond donors (Lipinski definition) is 1. The molecule has 0 atom stereocenters. The monoisotopic (exact) mass is 270 g/mol. The number of hydrogen-bond acceptors (Lipinski definition) is 7. The molecule has 2 N–H and O–H groups in total. The number of carbonyl (C=O) groups excluding carboxylic acids is 2. The van der Waals surface area contributed by atoms with Crippen LogP contribution < -0.4 is 5.73 Å². The van der Waals surface area contributed by atoms with E-state index in [1.807, 2.05) is 0 Å². The normalized spacial score (nSPS) is 10.8. The summed E-state index contributed by atoms with van der Waals surface area (Å²) in [5.41, 5.74) is 5.58. The van der Waals surface area contributed by atoms with Crippen molar-refractivity contribution in [2.75, 3.05) is 5.73 Å². The first-order valence-electron chi connectivity index (χ1n) is 5.90. The SMILES string of the molecule is CC(C)OC(=O)Cn1nnc(C(=O)OC(C)C)c1N. The quantitative estimate of drug-likeness (QED) is 0.770. The van der Waals surface area contributed by atoms with Gasteiger partial charge in [-0.25, -0.2) is 9.48 Å². The highest BCUT2D eigenvalue weighted by Gasteiger charge is 2.21. The van der Waals surface area contributed by atoms with Crippen molar-refractivity contribution in [3.63, 3.8) is 0 Å². The van der Waals surface area contributed by atoms with Crippen LogP contribution in [-0.4, -0.2) is 39.1 Å². The third kappa shape index (κ3) is 4.23. The molecule has 0 spiro atoms. The van der Waals surface area contributed by atoms with Gasteiger partial charge in [0.05, 0.1) is 12.2 Å². The summed E-state index contributed by atoms with van der Waals surface area (Å²) in [5, 5.41) is 7.24. The van der Waals surface area contributed by atoms with Crippen LogP contribution in [0.4, 0.5) is 5.82 Å². The molecule has 0 unspecified atom stereocenters. The Morgan fingerprint density at radius 3 is 2.32 bits per heavy atom. The Labute approximate surface area is 110 Å². The zero-order chi connectivity index (χ0) is 14.6. The minimum absolute atomic E-state index is 0.0219. The number of rotatable bonds is 5. The molecule has 0 radical (unpaired) electrons. The van der Waals surface area contributed by atoms with E-state index >= 15 is 0 Å². The molecule has 0 fully saturated rings. The summed E-state index contributed by atoms with van der Waals surface area (Å²) in [7, 11) is 0. The summed E-state index contributed by atoms with van der Waals surface area (Å²) < 4.78 is 11.0. The lowest BCUT2D eigenvalue weighted by molar-refractivity contribution is -0.148. The molecule has 0 aliphatic heterocycles. The zero-order valence-electron chi connectivity index (χ0n) is 11.4. The van der Waals surface area contributed by atoms with Crippen LogP contribution in [0.25, 0.3) is 0 Å². The molecule has 1 heterocycles. The Kier molecular flexibility index (Phi) is 4.85. The number of nitrogens with zero attached hydrogens (tertiary/aromatic N) is 3. The molecule has 0 saturated carbocycles. The van der Waals surface area contributed by atoms with Crippen molar-refractivity contribution >= 4 is 17.8 Å². The molecule has 19 heavy (non-hydrogen) atoms. The van der Waals surface area contributed by atoms with Crippen molar-refractivity contribution in [1.82, 2.24) is 15.0 Å². The van der Waals surface area contributed by atoms with Crippen LogP contribution in [0.1, 0.15) is 38.2 Å². The number of ether oxygens (including phenoxy) is 2. The van der Waals surface area contributed by atoms with E-state index < -0.39 is 11.9 Å². The van der Waals surface area contributed by atoms with Crippen molar-refractivity contribution in [3.05, 3.63) is 5.69 Å². The molecular formula is C11H18N4O4. The van der Waals surface area contributed by atoms with E-state index in [1.165, 1.54) is 0 Å². The minimum atomic E-state index is -0.670. The van der Waals surface area contributed by atoms with E-state index in [1.54, 1.807) is 27.7 Å². The van der Waals surface area contributed by atoms with Crippen molar-refractivity contribution in [1.29, 1.82) is 0 Å². The van der Waals surface area contributed by atoms with Gasteiger partial charge in [0.1, 0.15) is 6.54 Å². The van der Waals surface area contributed by atoms with Gasteiger partial charge in [-0.3, -0.25) is 4.79 Å². The smallest absolute Gasteiger partial charge is 0.363 e. The van der Waals surface area contributed by atoms with Crippen molar-refractivity contribution in [2.45, 2.75) is 46.4 Å². The second-order valence-electron chi connectivity index (χ2n) is 4.47. The van der Waals surface area contributed by atoms with Gasteiger partial charge in [0.2, 0.25) is 5.69 Å². The molecule has 0 aromatic carbocycles. The minimum Gasteiger partial charge on any atom is -0.462 e.